The molecule has 1 saturated heterocycles. The van der Waals surface area contributed by atoms with E-state index in [0.717, 1.165) is 17.7 Å². The van der Waals surface area contributed by atoms with Gasteiger partial charge in [0.05, 0.1) is 28.2 Å². The van der Waals surface area contributed by atoms with Crippen molar-refractivity contribution in [1.82, 2.24) is 14.7 Å². The van der Waals surface area contributed by atoms with Gasteiger partial charge in [0.2, 0.25) is 5.91 Å². The van der Waals surface area contributed by atoms with E-state index in [4.69, 9.17) is 28.5 Å². The third kappa shape index (κ3) is 6.88. The SMILES string of the molecule is CN(CCC#N)CC(=O)N1CC(c2ccc(Cl)c(Cl)c2)C(N(C)Cc2ccc(C(F)(F)F)c(F)c2)C1. The van der Waals surface area contributed by atoms with Gasteiger partial charge in [-0.15, -0.1) is 0 Å². The summed E-state index contributed by atoms with van der Waals surface area (Å²) in [7, 11) is 3.56. The third-order valence-electron chi connectivity index (χ3n) is 6.36. The quantitative estimate of drug-likeness (QED) is 0.416. The molecule has 0 saturated carbocycles. The van der Waals surface area contributed by atoms with Gasteiger partial charge in [-0.2, -0.15) is 18.4 Å². The van der Waals surface area contributed by atoms with Crippen molar-refractivity contribution in [3.63, 3.8) is 0 Å². The molecule has 0 bridgehead atoms. The Morgan fingerprint density at radius 1 is 1.14 bits per heavy atom. The molecule has 2 aromatic rings. The summed E-state index contributed by atoms with van der Waals surface area (Å²) in [6.45, 7) is 1.57. The topological polar surface area (TPSA) is 50.6 Å². The van der Waals surface area contributed by atoms with E-state index in [2.05, 4.69) is 6.07 Å². The van der Waals surface area contributed by atoms with Gasteiger partial charge in [-0.1, -0.05) is 35.3 Å². The van der Waals surface area contributed by atoms with Gasteiger partial charge < -0.3 is 4.90 Å². The number of nitriles is 1. The highest BCUT2D eigenvalue weighted by Gasteiger charge is 2.39. The maximum absolute atomic E-state index is 14.1. The fourth-order valence-corrected chi connectivity index (χ4v) is 4.76. The molecule has 0 spiro atoms. The number of benzene rings is 2. The van der Waals surface area contributed by atoms with Crippen molar-refractivity contribution >= 4 is 29.1 Å². The third-order valence-corrected chi connectivity index (χ3v) is 7.10. The van der Waals surface area contributed by atoms with Crippen LogP contribution in [0.25, 0.3) is 0 Å². The molecule has 11 heteroatoms. The number of carbonyl (C=O) groups excluding carboxylic acids is 1. The summed E-state index contributed by atoms with van der Waals surface area (Å²) in [4.78, 5) is 18.4. The van der Waals surface area contributed by atoms with Crippen molar-refractivity contribution in [2.45, 2.75) is 31.1 Å². The highest BCUT2D eigenvalue weighted by atomic mass is 35.5. The molecule has 2 atom stereocenters. The number of hydrogen-bond donors (Lipinski definition) is 0. The number of hydrogen-bond acceptors (Lipinski definition) is 4. The number of alkyl halides is 3. The van der Waals surface area contributed by atoms with E-state index >= 15 is 0 Å². The van der Waals surface area contributed by atoms with Crippen LogP contribution >= 0.6 is 23.2 Å². The zero-order valence-corrected chi connectivity index (χ0v) is 21.3. The molecule has 194 valence electrons. The molecule has 3 rings (SSSR count). The number of likely N-dealkylation sites (N-methyl/N-ethyl adjacent to an activating group) is 2. The first-order valence-electron chi connectivity index (χ1n) is 11.2. The molecule has 1 amide bonds. The van der Waals surface area contributed by atoms with E-state index in [1.165, 1.54) is 6.07 Å². The van der Waals surface area contributed by atoms with Crippen LogP contribution in [0.3, 0.4) is 0 Å². The Balaban J connectivity index is 1.82. The standard InChI is InChI=1S/C25H26Cl2F4N4O/c1-33(9-3-8-32)15-24(36)35-13-18(17-5-7-20(26)21(27)11-17)23(14-35)34(2)12-16-4-6-19(22(28)10-16)25(29,30)31/h4-7,10-11,18,23H,3,9,12-15H2,1-2H3. The van der Waals surface area contributed by atoms with Crippen LogP contribution < -0.4 is 0 Å². The summed E-state index contributed by atoms with van der Waals surface area (Å²) in [6.07, 6.45) is -4.45. The molecular formula is C25H26Cl2F4N4O. The minimum absolute atomic E-state index is 0.100. The van der Waals surface area contributed by atoms with E-state index in [-0.39, 0.29) is 31.0 Å². The van der Waals surface area contributed by atoms with Gasteiger partial charge in [-0.25, -0.2) is 4.39 Å². The summed E-state index contributed by atoms with van der Waals surface area (Å²) >= 11 is 12.3. The van der Waals surface area contributed by atoms with E-state index in [9.17, 15) is 22.4 Å². The second-order valence-corrected chi connectivity index (χ2v) is 9.83. The summed E-state index contributed by atoms with van der Waals surface area (Å²) in [5.41, 5.74) is -0.0503. The average molecular weight is 545 g/mol. The highest BCUT2D eigenvalue weighted by molar-refractivity contribution is 6.42. The van der Waals surface area contributed by atoms with E-state index < -0.39 is 17.6 Å². The predicted octanol–water partition coefficient (Wildman–Crippen LogP) is 5.42. The van der Waals surface area contributed by atoms with Crippen LogP contribution in [-0.2, 0) is 17.5 Å². The second kappa shape index (κ2) is 11.8. The van der Waals surface area contributed by atoms with Gasteiger partial charge in [0, 0.05) is 44.6 Å². The van der Waals surface area contributed by atoms with Gasteiger partial charge in [0.1, 0.15) is 5.82 Å². The lowest BCUT2D eigenvalue weighted by Gasteiger charge is -2.29. The van der Waals surface area contributed by atoms with Crippen LogP contribution in [0.15, 0.2) is 36.4 Å². The van der Waals surface area contributed by atoms with E-state index in [1.807, 2.05) is 11.0 Å². The molecule has 1 heterocycles. The number of halogens is 6. The molecule has 5 nitrogen and oxygen atoms in total. The minimum atomic E-state index is -4.76. The molecule has 36 heavy (non-hydrogen) atoms. The van der Waals surface area contributed by atoms with Crippen molar-refractivity contribution < 1.29 is 22.4 Å². The van der Waals surface area contributed by atoms with Gasteiger partial charge in [0.25, 0.3) is 0 Å². The van der Waals surface area contributed by atoms with Crippen LogP contribution in [0.1, 0.15) is 29.0 Å². The zero-order chi connectivity index (χ0) is 26.6. The number of rotatable bonds is 8. The Kier molecular flexibility index (Phi) is 9.23. The molecule has 1 aliphatic heterocycles. The smallest absolute Gasteiger partial charge is 0.339 e. The van der Waals surface area contributed by atoms with E-state index in [1.54, 1.807) is 36.0 Å². The summed E-state index contributed by atoms with van der Waals surface area (Å²) in [5, 5.41) is 9.55. The fourth-order valence-electron chi connectivity index (χ4n) is 4.45. The first kappa shape index (κ1) is 28.2. The normalized spacial score (nSPS) is 18.2. The number of likely N-dealkylation sites (tertiary alicyclic amines) is 1. The Hall–Kier alpha value is -2.38. The van der Waals surface area contributed by atoms with Gasteiger partial charge in [0.15, 0.2) is 0 Å². The molecule has 2 aromatic carbocycles. The molecule has 0 radical (unpaired) electrons. The Bertz CT molecular complexity index is 1140. The summed E-state index contributed by atoms with van der Waals surface area (Å²) in [5.74, 6) is -1.58. The van der Waals surface area contributed by atoms with Crippen molar-refractivity contribution in [1.29, 1.82) is 5.26 Å². The van der Waals surface area contributed by atoms with Crippen LogP contribution in [0.2, 0.25) is 10.0 Å². The first-order valence-corrected chi connectivity index (χ1v) is 12.0. The fraction of sp³-hybridized carbons (Fsp3) is 0.440. The largest absolute Gasteiger partial charge is 0.419 e. The molecule has 2 unspecified atom stereocenters. The monoisotopic (exact) mass is 544 g/mol. The van der Waals surface area contributed by atoms with Crippen molar-refractivity contribution in [3.05, 3.63) is 69.0 Å². The lowest BCUT2D eigenvalue weighted by molar-refractivity contribution is -0.140. The highest BCUT2D eigenvalue weighted by Crippen LogP contribution is 2.35. The summed E-state index contributed by atoms with van der Waals surface area (Å²) < 4.78 is 52.9. The van der Waals surface area contributed by atoms with Crippen LogP contribution in [0.5, 0.6) is 0 Å². The molecule has 1 fully saturated rings. The van der Waals surface area contributed by atoms with Gasteiger partial charge >= 0.3 is 6.18 Å². The second-order valence-electron chi connectivity index (χ2n) is 9.02. The molecular weight excluding hydrogens is 519 g/mol. The number of amides is 1. The van der Waals surface area contributed by atoms with Crippen LogP contribution in [0.4, 0.5) is 17.6 Å². The maximum Gasteiger partial charge on any atom is 0.419 e. The molecule has 0 N–H and O–H groups in total. The Morgan fingerprint density at radius 3 is 2.47 bits per heavy atom. The Labute approximate surface area is 217 Å². The van der Waals surface area contributed by atoms with Crippen LogP contribution in [0, 0.1) is 17.1 Å². The van der Waals surface area contributed by atoms with Crippen molar-refractivity contribution in [2.24, 2.45) is 0 Å². The molecule has 1 aliphatic rings. The van der Waals surface area contributed by atoms with Crippen LogP contribution in [-0.4, -0.2) is 66.9 Å². The lowest BCUT2D eigenvalue weighted by Crippen LogP contribution is -2.40. The zero-order valence-electron chi connectivity index (χ0n) is 19.8. The predicted molar refractivity (Wildman–Crippen MR) is 130 cm³/mol. The number of nitrogens with zero attached hydrogens (tertiary/aromatic N) is 4. The minimum Gasteiger partial charge on any atom is -0.339 e. The van der Waals surface area contributed by atoms with Crippen molar-refractivity contribution in [3.8, 4) is 6.07 Å². The first-order chi connectivity index (χ1) is 16.9. The molecule has 0 aliphatic carbocycles. The van der Waals surface area contributed by atoms with E-state index in [0.29, 0.717) is 41.7 Å². The lowest BCUT2D eigenvalue weighted by atomic mass is 9.93. The summed E-state index contributed by atoms with van der Waals surface area (Å²) in [6, 6.07) is 10.0. The van der Waals surface area contributed by atoms with Crippen molar-refractivity contribution in [2.75, 3.05) is 40.3 Å². The maximum atomic E-state index is 14.1. The van der Waals surface area contributed by atoms with Gasteiger partial charge in [-0.3, -0.25) is 14.6 Å². The number of carbonyl (C=O) groups is 1. The average Bonchev–Trinajstić information content (AvgIpc) is 3.24. The Morgan fingerprint density at radius 2 is 1.86 bits per heavy atom. The van der Waals surface area contributed by atoms with Gasteiger partial charge in [-0.05, 0) is 49.5 Å². The molecule has 0 aromatic heterocycles.